The number of benzene rings is 2. The smallest absolute Gasteiger partial charge is 0.254 e. The van der Waals surface area contributed by atoms with Gasteiger partial charge in [-0.25, -0.2) is 8.78 Å². The van der Waals surface area contributed by atoms with E-state index in [1.165, 1.54) is 24.3 Å². The average Bonchev–Trinajstić information content (AvgIpc) is 3.37. The second kappa shape index (κ2) is 6.46. The lowest BCUT2D eigenvalue weighted by Crippen LogP contribution is -2.42. The first-order valence-corrected chi connectivity index (χ1v) is 7.65. The van der Waals surface area contributed by atoms with E-state index in [0.717, 1.165) is 12.8 Å². The van der Waals surface area contributed by atoms with E-state index >= 15 is 0 Å². The molecule has 0 aliphatic heterocycles. The van der Waals surface area contributed by atoms with E-state index in [1.807, 2.05) is 0 Å². The molecular weight excluding hydrogens is 298 g/mol. The van der Waals surface area contributed by atoms with Gasteiger partial charge in [0.15, 0.2) is 0 Å². The third-order valence-corrected chi connectivity index (χ3v) is 4.15. The molecule has 1 amide bonds. The van der Waals surface area contributed by atoms with E-state index in [4.69, 9.17) is 5.73 Å². The number of rotatable bonds is 5. The van der Waals surface area contributed by atoms with Crippen LogP contribution in [0.15, 0.2) is 42.5 Å². The molecule has 3 rings (SSSR count). The van der Waals surface area contributed by atoms with E-state index < -0.39 is 11.7 Å². The van der Waals surface area contributed by atoms with Crippen molar-refractivity contribution in [3.8, 4) is 11.1 Å². The van der Waals surface area contributed by atoms with Gasteiger partial charge in [-0.05, 0) is 54.2 Å². The fraction of sp³-hybridized carbons (Fsp3) is 0.278. The van der Waals surface area contributed by atoms with Crippen LogP contribution in [-0.4, -0.2) is 18.5 Å². The fourth-order valence-corrected chi connectivity index (χ4v) is 2.64. The summed E-state index contributed by atoms with van der Waals surface area (Å²) in [6.45, 7) is 0.353. The Bertz CT molecular complexity index is 711. The van der Waals surface area contributed by atoms with Crippen LogP contribution in [0.4, 0.5) is 8.78 Å². The molecule has 1 saturated carbocycles. The van der Waals surface area contributed by atoms with Gasteiger partial charge < -0.3 is 11.1 Å². The minimum Gasteiger partial charge on any atom is -0.348 e. The van der Waals surface area contributed by atoms with Gasteiger partial charge in [-0.15, -0.1) is 0 Å². The van der Waals surface area contributed by atoms with E-state index in [0.29, 0.717) is 23.6 Å². The van der Waals surface area contributed by atoms with Gasteiger partial charge in [0.05, 0.1) is 5.56 Å². The summed E-state index contributed by atoms with van der Waals surface area (Å²) >= 11 is 0. The Balaban J connectivity index is 1.78. The number of nitrogens with one attached hydrogen (secondary N) is 1. The maximum atomic E-state index is 14.3. The van der Waals surface area contributed by atoms with Gasteiger partial charge in [-0.3, -0.25) is 4.79 Å². The maximum absolute atomic E-state index is 14.3. The number of nitrogens with two attached hydrogens (primary N) is 1. The van der Waals surface area contributed by atoms with Crippen molar-refractivity contribution in [2.45, 2.75) is 18.9 Å². The monoisotopic (exact) mass is 316 g/mol. The Morgan fingerprint density at radius 3 is 2.35 bits per heavy atom. The highest BCUT2D eigenvalue weighted by Crippen LogP contribution is 2.32. The van der Waals surface area contributed by atoms with Crippen molar-refractivity contribution in [3.05, 3.63) is 59.7 Å². The summed E-state index contributed by atoms with van der Waals surface area (Å²) in [7, 11) is 0. The van der Waals surface area contributed by atoms with Crippen molar-refractivity contribution in [3.63, 3.8) is 0 Å². The Morgan fingerprint density at radius 2 is 1.78 bits per heavy atom. The Morgan fingerprint density at radius 1 is 1.13 bits per heavy atom. The highest BCUT2D eigenvalue weighted by molar-refractivity contribution is 5.95. The van der Waals surface area contributed by atoms with Crippen LogP contribution in [0.1, 0.15) is 23.2 Å². The maximum Gasteiger partial charge on any atom is 0.254 e. The number of carbonyl (C=O) groups is 1. The molecule has 2 aromatic rings. The molecule has 1 aliphatic carbocycles. The second-order valence-corrected chi connectivity index (χ2v) is 5.85. The largest absolute Gasteiger partial charge is 0.348 e. The lowest BCUT2D eigenvalue weighted by Gasteiger charge is -2.16. The molecule has 2 aromatic carbocycles. The molecule has 5 heteroatoms. The van der Waals surface area contributed by atoms with Crippen molar-refractivity contribution in [1.29, 1.82) is 0 Å². The molecule has 1 atom stereocenters. The Labute approximate surface area is 133 Å². The average molecular weight is 316 g/mol. The summed E-state index contributed by atoms with van der Waals surface area (Å²) < 4.78 is 27.2. The van der Waals surface area contributed by atoms with Gasteiger partial charge >= 0.3 is 0 Å². The van der Waals surface area contributed by atoms with Gasteiger partial charge in [-0.1, -0.05) is 18.2 Å². The van der Waals surface area contributed by atoms with Crippen LogP contribution in [-0.2, 0) is 0 Å². The quantitative estimate of drug-likeness (QED) is 0.890. The lowest BCUT2D eigenvalue weighted by molar-refractivity contribution is 0.0929. The van der Waals surface area contributed by atoms with Crippen LogP contribution in [0.3, 0.4) is 0 Å². The van der Waals surface area contributed by atoms with E-state index in [-0.39, 0.29) is 17.4 Å². The summed E-state index contributed by atoms with van der Waals surface area (Å²) in [4.78, 5) is 12.2. The summed E-state index contributed by atoms with van der Waals surface area (Å²) in [6.07, 6.45) is 2.10. The normalized spacial score (nSPS) is 15.3. The van der Waals surface area contributed by atoms with Crippen LogP contribution < -0.4 is 11.1 Å². The van der Waals surface area contributed by atoms with Crippen LogP contribution in [0.2, 0.25) is 0 Å². The first kappa shape index (κ1) is 15.6. The summed E-state index contributed by atoms with van der Waals surface area (Å²) in [5, 5.41) is 2.80. The summed E-state index contributed by atoms with van der Waals surface area (Å²) in [5.74, 6) is -0.991. The van der Waals surface area contributed by atoms with Crippen LogP contribution in [0, 0.1) is 17.6 Å². The number of hydrogen-bond donors (Lipinski definition) is 2. The Hall–Kier alpha value is -2.27. The number of carbonyl (C=O) groups excluding carboxylic acids is 1. The first-order valence-electron chi connectivity index (χ1n) is 7.65. The molecule has 1 fully saturated rings. The molecule has 1 unspecified atom stereocenters. The number of hydrogen-bond acceptors (Lipinski definition) is 2. The topological polar surface area (TPSA) is 55.1 Å². The van der Waals surface area contributed by atoms with Crippen molar-refractivity contribution in [1.82, 2.24) is 5.32 Å². The zero-order valence-electron chi connectivity index (χ0n) is 12.6. The minimum atomic E-state index is -0.601. The highest BCUT2D eigenvalue weighted by atomic mass is 19.1. The molecule has 0 aromatic heterocycles. The zero-order chi connectivity index (χ0) is 16.4. The highest BCUT2D eigenvalue weighted by Gasteiger charge is 2.31. The van der Waals surface area contributed by atoms with E-state index in [1.54, 1.807) is 18.2 Å². The molecule has 0 saturated heterocycles. The van der Waals surface area contributed by atoms with Crippen LogP contribution >= 0.6 is 0 Å². The summed E-state index contributed by atoms with van der Waals surface area (Å²) in [6, 6.07) is 10.1. The second-order valence-electron chi connectivity index (χ2n) is 5.85. The van der Waals surface area contributed by atoms with E-state index in [9.17, 15) is 13.6 Å². The molecule has 0 radical (unpaired) electrons. The SMILES string of the molecule is NCC(NC(=O)c1ccc(-c2ccc(F)cc2)cc1F)C1CC1. The molecule has 3 N–H and O–H groups in total. The number of amides is 1. The van der Waals surface area contributed by atoms with Crippen LogP contribution in [0.25, 0.3) is 11.1 Å². The lowest BCUT2D eigenvalue weighted by atomic mass is 10.0. The van der Waals surface area contributed by atoms with Crippen molar-refractivity contribution in [2.75, 3.05) is 6.54 Å². The van der Waals surface area contributed by atoms with Gasteiger partial charge in [0.25, 0.3) is 5.91 Å². The standard InChI is InChI=1S/C18H18F2N2O/c19-14-6-3-11(4-7-14)13-5-8-15(16(20)9-13)18(23)22-17(10-21)12-1-2-12/h3-9,12,17H,1-2,10,21H2,(H,22,23). The molecule has 0 spiro atoms. The van der Waals surface area contributed by atoms with Gasteiger partial charge in [0, 0.05) is 12.6 Å². The molecular formula is C18H18F2N2O. The Kier molecular flexibility index (Phi) is 4.39. The van der Waals surface area contributed by atoms with Gasteiger partial charge in [0.1, 0.15) is 11.6 Å². The fourth-order valence-electron chi connectivity index (χ4n) is 2.64. The molecule has 23 heavy (non-hydrogen) atoms. The van der Waals surface area contributed by atoms with Gasteiger partial charge in [-0.2, -0.15) is 0 Å². The van der Waals surface area contributed by atoms with Gasteiger partial charge in [0.2, 0.25) is 0 Å². The van der Waals surface area contributed by atoms with Crippen LogP contribution in [0.5, 0.6) is 0 Å². The predicted molar refractivity (Wildman–Crippen MR) is 84.8 cm³/mol. The van der Waals surface area contributed by atoms with Crippen molar-refractivity contribution in [2.24, 2.45) is 11.7 Å². The van der Waals surface area contributed by atoms with Crippen molar-refractivity contribution < 1.29 is 13.6 Å². The third kappa shape index (κ3) is 3.56. The van der Waals surface area contributed by atoms with E-state index in [2.05, 4.69) is 5.32 Å². The zero-order valence-corrected chi connectivity index (χ0v) is 12.6. The van der Waals surface area contributed by atoms with Crippen molar-refractivity contribution >= 4 is 5.91 Å². The third-order valence-electron chi connectivity index (χ3n) is 4.15. The predicted octanol–water partition coefficient (Wildman–Crippen LogP) is 3.10. The molecule has 0 heterocycles. The minimum absolute atomic E-state index is 0.00467. The number of halogens is 2. The summed E-state index contributed by atoms with van der Waals surface area (Å²) in [5.41, 5.74) is 6.93. The molecule has 1 aliphatic rings. The molecule has 3 nitrogen and oxygen atoms in total. The molecule has 0 bridgehead atoms. The molecule has 120 valence electrons. The first-order chi connectivity index (χ1) is 11.1.